The van der Waals surface area contributed by atoms with Gasteiger partial charge in [-0.3, -0.25) is 9.59 Å². The molecule has 0 spiro atoms. The number of carbonyl (C=O) groups excluding carboxylic acids is 2. The number of para-hydroxylation sites is 1. The van der Waals surface area contributed by atoms with E-state index in [1.165, 1.54) is 0 Å². The second-order valence-electron chi connectivity index (χ2n) is 8.47. The van der Waals surface area contributed by atoms with Crippen molar-refractivity contribution in [2.75, 3.05) is 13.2 Å². The summed E-state index contributed by atoms with van der Waals surface area (Å²) in [5, 5.41) is 4.09. The average Bonchev–Trinajstić information content (AvgIpc) is 3.49. The molecule has 1 fully saturated rings. The summed E-state index contributed by atoms with van der Waals surface area (Å²) in [6.45, 7) is 3.04. The van der Waals surface area contributed by atoms with Crippen LogP contribution in [0.2, 0.25) is 0 Å². The SMILES string of the molecule is C[C@H](C(=O)NC[C@@H]1CCCO1)N1C(=O)c2ccccc2[C@@H]1c1cn(C)c2ccccc12. The molecule has 2 aliphatic heterocycles. The van der Waals surface area contributed by atoms with Gasteiger partial charge in [0.1, 0.15) is 6.04 Å². The lowest BCUT2D eigenvalue weighted by Crippen LogP contribution is -2.48. The van der Waals surface area contributed by atoms with Crippen LogP contribution in [0.5, 0.6) is 0 Å². The highest BCUT2D eigenvalue weighted by molar-refractivity contribution is 6.03. The molecule has 0 unspecified atom stereocenters. The van der Waals surface area contributed by atoms with Crippen LogP contribution < -0.4 is 5.32 Å². The highest BCUT2D eigenvalue weighted by Crippen LogP contribution is 2.42. The number of benzene rings is 2. The lowest BCUT2D eigenvalue weighted by Gasteiger charge is -2.31. The Morgan fingerprint density at radius 3 is 2.74 bits per heavy atom. The number of ether oxygens (including phenoxy) is 1. The molecular formula is C25H27N3O3. The molecule has 3 heterocycles. The van der Waals surface area contributed by atoms with Gasteiger partial charge in [0.15, 0.2) is 0 Å². The first kappa shape index (κ1) is 19.8. The van der Waals surface area contributed by atoms with E-state index in [2.05, 4.69) is 28.2 Å². The van der Waals surface area contributed by atoms with Gasteiger partial charge in [0.05, 0.1) is 12.1 Å². The van der Waals surface area contributed by atoms with Gasteiger partial charge in [0.2, 0.25) is 5.91 Å². The van der Waals surface area contributed by atoms with Gasteiger partial charge in [-0.05, 0) is 37.5 Å². The number of hydrogen-bond donors (Lipinski definition) is 1. The molecule has 1 N–H and O–H groups in total. The Hall–Kier alpha value is -3.12. The number of aromatic nitrogens is 1. The summed E-state index contributed by atoms with van der Waals surface area (Å²) >= 11 is 0. The first-order valence-electron chi connectivity index (χ1n) is 10.9. The zero-order valence-corrected chi connectivity index (χ0v) is 17.9. The van der Waals surface area contributed by atoms with Crippen LogP contribution >= 0.6 is 0 Å². The largest absolute Gasteiger partial charge is 0.376 e. The van der Waals surface area contributed by atoms with Gasteiger partial charge in [-0.1, -0.05) is 36.4 Å². The molecule has 5 rings (SSSR count). The fourth-order valence-electron chi connectivity index (χ4n) is 4.94. The minimum Gasteiger partial charge on any atom is -0.376 e. The molecule has 1 aromatic heterocycles. The van der Waals surface area contributed by atoms with Crippen LogP contribution in [-0.2, 0) is 16.6 Å². The number of aryl methyl sites for hydroxylation is 1. The first-order valence-corrected chi connectivity index (χ1v) is 10.9. The average molecular weight is 418 g/mol. The van der Waals surface area contributed by atoms with Crippen molar-refractivity contribution in [3.8, 4) is 0 Å². The molecule has 2 aromatic carbocycles. The van der Waals surface area contributed by atoms with E-state index in [1.54, 1.807) is 4.90 Å². The highest BCUT2D eigenvalue weighted by atomic mass is 16.5. The highest BCUT2D eigenvalue weighted by Gasteiger charge is 2.43. The maximum atomic E-state index is 13.4. The van der Waals surface area contributed by atoms with Crippen LogP contribution in [0, 0.1) is 0 Å². The van der Waals surface area contributed by atoms with Gasteiger partial charge >= 0.3 is 0 Å². The minimum atomic E-state index is -0.606. The number of nitrogens with zero attached hydrogens (tertiary/aromatic N) is 2. The Morgan fingerprint density at radius 2 is 1.94 bits per heavy atom. The third kappa shape index (κ3) is 3.31. The molecule has 2 aliphatic rings. The lowest BCUT2D eigenvalue weighted by atomic mass is 9.97. The van der Waals surface area contributed by atoms with Crippen molar-refractivity contribution in [3.63, 3.8) is 0 Å². The number of rotatable bonds is 5. The molecule has 3 aromatic rings. The summed E-state index contributed by atoms with van der Waals surface area (Å²) < 4.78 is 7.70. The van der Waals surface area contributed by atoms with E-state index < -0.39 is 6.04 Å². The summed E-state index contributed by atoms with van der Waals surface area (Å²) in [5.41, 5.74) is 3.75. The summed E-state index contributed by atoms with van der Waals surface area (Å²) in [4.78, 5) is 28.2. The Bertz CT molecular complexity index is 1150. The summed E-state index contributed by atoms with van der Waals surface area (Å²) in [5.74, 6) is -0.254. The standard InChI is InChI=1S/C25H27N3O3/c1-16(24(29)26-14-17-8-7-13-31-17)28-23(19-10-3-4-11-20(19)25(28)30)21-15-27(2)22-12-6-5-9-18(21)22/h3-6,9-12,15-17,23H,7-8,13-14H2,1-2H3,(H,26,29)/t16-,17+,23-/m1/s1. The number of nitrogens with one attached hydrogen (secondary N) is 1. The zero-order chi connectivity index (χ0) is 21.5. The van der Waals surface area contributed by atoms with Crippen molar-refractivity contribution in [1.82, 2.24) is 14.8 Å². The molecular weight excluding hydrogens is 390 g/mol. The van der Waals surface area contributed by atoms with Gasteiger partial charge < -0.3 is 19.5 Å². The third-order valence-corrected chi connectivity index (χ3v) is 6.55. The van der Waals surface area contributed by atoms with Crippen molar-refractivity contribution < 1.29 is 14.3 Å². The van der Waals surface area contributed by atoms with Crippen LogP contribution in [0.1, 0.15) is 47.3 Å². The van der Waals surface area contributed by atoms with Crippen molar-refractivity contribution in [2.45, 2.75) is 38.0 Å². The normalized spacial score (nSPS) is 21.5. The van der Waals surface area contributed by atoms with Gasteiger partial charge in [-0.15, -0.1) is 0 Å². The van der Waals surface area contributed by atoms with Crippen molar-refractivity contribution in [1.29, 1.82) is 0 Å². The Labute approximate surface area is 181 Å². The topological polar surface area (TPSA) is 63.6 Å². The van der Waals surface area contributed by atoms with E-state index in [0.29, 0.717) is 12.1 Å². The Balaban J connectivity index is 1.52. The second kappa shape index (κ2) is 7.85. The van der Waals surface area contributed by atoms with Gasteiger partial charge in [-0.25, -0.2) is 0 Å². The molecule has 1 saturated heterocycles. The molecule has 0 aliphatic carbocycles. The lowest BCUT2D eigenvalue weighted by molar-refractivity contribution is -0.126. The molecule has 160 valence electrons. The monoisotopic (exact) mass is 417 g/mol. The van der Waals surface area contributed by atoms with Crippen LogP contribution in [0.4, 0.5) is 0 Å². The Morgan fingerprint density at radius 1 is 1.16 bits per heavy atom. The van der Waals surface area contributed by atoms with Crippen molar-refractivity contribution >= 4 is 22.7 Å². The van der Waals surface area contributed by atoms with E-state index >= 15 is 0 Å². The Kier molecular flexibility index (Phi) is 5.02. The quantitative estimate of drug-likeness (QED) is 0.692. The number of hydrogen-bond acceptors (Lipinski definition) is 3. The fourth-order valence-corrected chi connectivity index (χ4v) is 4.94. The number of amides is 2. The van der Waals surface area contributed by atoms with Gasteiger partial charge in [0, 0.05) is 48.4 Å². The van der Waals surface area contributed by atoms with Gasteiger partial charge in [-0.2, -0.15) is 0 Å². The molecule has 0 saturated carbocycles. The molecule has 0 radical (unpaired) electrons. The molecule has 0 bridgehead atoms. The second-order valence-corrected chi connectivity index (χ2v) is 8.47. The van der Waals surface area contributed by atoms with E-state index in [0.717, 1.165) is 41.5 Å². The fraction of sp³-hybridized carbons (Fsp3) is 0.360. The van der Waals surface area contributed by atoms with Crippen molar-refractivity contribution in [3.05, 3.63) is 71.4 Å². The summed E-state index contributed by atoms with van der Waals surface area (Å²) in [7, 11) is 2.01. The predicted octanol–water partition coefficient (Wildman–Crippen LogP) is 3.41. The van der Waals surface area contributed by atoms with Crippen LogP contribution in [0.15, 0.2) is 54.7 Å². The number of carbonyl (C=O) groups is 2. The van der Waals surface area contributed by atoms with Crippen LogP contribution in [0.3, 0.4) is 0 Å². The maximum absolute atomic E-state index is 13.4. The summed E-state index contributed by atoms with van der Waals surface area (Å²) in [6, 6.07) is 14.9. The van der Waals surface area contributed by atoms with Crippen molar-refractivity contribution in [2.24, 2.45) is 7.05 Å². The third-order valence-electron chi connectivity index (χ3n) is 6.55. The van der Waals surface area contributed by atoms with E-state index in [4.69, 9.17) is 4.74 Å². The van der Waals surface area contributed by atoms with E-state index in [-0.39, 0.29) is 24.0 Å². The summed E-state index contributed by atoms with van der Waals surface area (Å²) in [6.07, 6.45) is 4.13. The molecule has 31 heavy (non-hydrogen) atoms. The molecule has 6 heteroatoms. The molecule has 2 amide bonds. The smallest absolute Gasteiger partial charge is 0.255 e. The van der Waals surface area contributed by atoms with Crippen LogP contribution in [0.25, 0.3) is 10.9 Å². The zero-order valence-electron chi connectivity index (χ0n) is 17.9. The maximum Gasteiger partial charge on any atom is 0.255 e. The van der Waals surface area contributed by atoms with E-state index in [9.17, 15) is 9.59 Å². The van der Waals surface area contributed by atoms with Crippen LogP contribution in [-0.4, -0.2) is 46.6 Å². The first-order chi connectivity index (χ1) is 15.1. The van der Waals surface area contributed by atoms with E-state index in [1.807, 2.05) is 50.4 Å². The molecule has 6 nitrogen and oxygen atoms in total. The predicted molar refractivity (Wildman–Crippen MR) is 119 cm³/mol. The number of fused-ring (bicyclic) bond motifs is 2. The van der Waals surface area contributed by atoms with Gasteiger partial charge in [0.25, 0.3) is 5.91 Å². The minimum absolute atomic E-state index is 0.0662. The molecule has 3 atom stereocenters.